The number of carbonyl (C=O) groups excluding carboxylic acids is 1. The first-order valence-corrected chi connectivity index (χ1v) is 6.46. The van der Waals surface area contributed by atoms with Crippen molar-refractivity contribution in [2.24, 2.45) is 0 Å². The normalized spacial score (nSPS) is 9.81. The van der Waals surface area contributed by atoms with Crippen molar-refractivity contribution in [3.63, 3.8) is 0 Å². The van der Waals surface area contributed by atoms with Gasteiger partial charge in [0.2, 0.25) is 5.91 Å². The van der Waals surface area contributed by atoms with E-state index in [1.807, 2.05) is 18.2 Å². The maximum absolute atomic E-state index is 11.3. The number of anilines is 1. The minimum atomic E-state index is -0.0238. The van der Waals surface area contributed by atoms with Crippen LogP contribution in [0.15, 0.2) is 40.2 Å². The fourth-order valence-corrected chi connectivity index (χ4v) is 2.36. The summed E-state index contributed by atoms with van der Waals surface area (Å²) >= 11 is 4.78. The highest BCUT2D eigenvalue weighted by Gasteiger charge is 2.04. The van der Waals surface area contributed by atoms with E-state index in [1.54, 1.807) is 6.08 Å². The highest BCUT2D eigenvalue weighted by atomic mass is 79.9. The van der Waals surface area contributed by atoms with Crippen LogP contribution in [0.5, 0.6) is 0 Å². The quantitative estimate of drug-likeness (QED) is 0.499. The second-order valence-electron chi connectivity index (χ2n) is 3.06. The fourth-order valence-electron chi connectivity index (χ4n) is 1.01. The van der Waals surface area contributed by atoms with E-state index in [0.29, 0.717) is 18.0 Å². The molecule has 0 spiro atoms. The summed E-state index contributed by atoms with van der Waals surface area (Å²) in [5, 5.41) is 2.71. The minimum Gasteiger partial charge on any atom is -0.398 e. The van der Waals surface area contributed by atoms with Gasteiger partial charge in [-0.2, -0.15) is 0 Å². The summed E-state index contributed by atoms with van der Waals surface area (Å²) in [6.07, 6.45) is 1.65. The Labute approximate surface area is 108 Å². The summed E-state index contributed by atoms with van der Waals surface area (Å²) in [4.78, 5) is 12.2. The van der Waals surface area contributed by atoms with Gasteiger partial charge < -0.3 is 11.1 Å². The third-order valence-electron chi connectivity index (χ3n) is 1.78. The van der Waals surface area contributed by atoms with Crippen LogP contribution in [0.1, 0.15) is 0 Å². The number of halogens is 1. The molecule has 3 nitrogen and oxygen atoms in total. The largest absolute Gasteiger partial charge is 0.398 e. The summed E-state index contributed by atoms with van der Waals surface area (Å²) < 4.78 is 0.954. The molecule has 0 aliphatic carbocycles. The van der Waals surface area contributed by atoms with Crippen molar-refractivity contribution < 1.29 is 4.79 Å². The van der Waals surface area contributed by atoms with Crippen LogP contribution in [0.25, 0.3) is 0 Å². The summed E-state index contributed by atoms with van der Waals surface area (Å²) in [5.41, 5.74) is 6.47. The van der Waals surface area contributed by atoms with Crippen molar-refractivity contribution in [2.75, 3.05) is 18.0 Å². The number of rotatable bonds is 5. The molecule has 0 unspecified atom stereocenters. The van der Waals surface area contributed by atoms with Crippen molar-refractivity contribution in [2.45, 2.75) is 4.90 Å². The van der Waals surface area contributed by atoms with E-state index < -0.39 is 0 Å². The molecule has 0 bridgehead atoms. The third kappa shape index (κ3) is 4.28. The van der Waals surface area contributed by atoms with Gasteiger partial charge in [-0.25, -0.2) is 0 Å². The molecule has 0 saturated heterocycles. The Morgan fingerprint density at radius 3 is 3.06 bits per heavy atom. The maximum atomic E-state index is 11.3. The standard InChI is InChI=1S/C11H13BrN2OS/c1-2-5-14-11(15)7-16-10-6-8(12)3-4-9(10)13/h2-4,6H,1,5,7,13H2,(H,14,15). The molecule has 5 heteroatoms. The molecule has 16 heavy (non-hydrogen) atoms. The number of hydrogen-bond acceptors (Lipinski definition) is 3. The zero-order valence-electron chi connectivity index (χ0n) is 8.70. The number of nitrogens with two attached hydrogens (primary N) is 1. The molecule has 1 amide bonds. The topological polar surface area (TPSA) is 55.1 Å². The molecule has 0 aromatic heterocycles. The average Bonchev–Trinajstić information content (AvgIpc) is 2.27. The molecular weight excluding hydrogens is 288 g/mol. The molecular formula is C11H13BrN2OS. The van der Waals surface area contributed by atoms with Crippen molar-refractivity contribution in [3.8, 4) is 0 Å². The SMILES string of the molecule is C=CCNC(=O)CSc1cc(Br)ccc1N. The fraction of sp³-hybridized carbons (Fsp3) is 0.182. The zero-order chi connectivity index (χ0) is 12.0. The van der Waals surface area contributed by atoms with Crippen LogP contribution in [0.2, 0.25) is 0 Å². The van der Waals surface area contributed by atoms with Gasteiger partial charge in [0.05, 0.1) is 5.75 Å². The summed E-state index contributed by atoms with van der Waals surface area (Å²) in [7, 11) is 0. The Morgan fingerprint density at radius 1 is 1.62 bits per heavy atom. The lowest BCUT2D eigenvalue weighted by Gasteiger charge is -2.06. The molecule has 1 aromatic rings. The van der Waals surface area contributed by atoms with Crippen LogP contribution in [0.4, 0.5) is 5.69 Å². The molecule has 0 saturated carbocycles. The van der Waals surface area contributed by atoms with Crippen LogP contribution in [-0.2, 0) is 4.79 Å². The Hall–Kier alpha value is -0.940. The highest BCUT2D eigenvalue weighted by Crippen LogP contribution is 2.27. The van der Waals surface area contributed by atoms with Gasteiger partial charge >= 0.3 is 0 Å². The lowest BCUT2D eigenvalue weighted by molar-refractivity contribution is -0.118. The minimum absolute atomic E-state index is 0.0238. The van der Waals surface area contributed by atoms with Gasteiger partial charge in [0.25, 0.3) is 0 Å². The Morgan fingerprint density at radius 2 is 2.38 bits per heavy atom. The summed E-state index contributed by atoms with van der Waals surface area (Å²) in [6.45, 7) is 4.02. The first-order valence-electron chi connectivity index (χ1n) is 4.69. The monoisotopic (exact) mass is 300 g/mol. The molecule has 0 radical (unpaired) electrons. The smallest absolute Gasteiger partial charge is 0.230 e. The first-order chi connectivity index (χ1) is 7.63. The maximum Gasteiger partial charge on any atom is 0.230 e. The Bertz CT molecular complexity index is 396. The van der Waals surface area contributed by atoms with Crippen LogP contribution in [0.3, 0.4) is 0 Å². The van der Waals surface area contributed by atoms with Crippen LogP contribution in [-0.4, -0.2) is 18.2 Å². The number of thioether (sulfide) groups is 1. The van der Waals surface area contributed by atoms with Crippen molar-refractivity contribution in [1.82, 2.24) is 5.32 Å². The van der Waals surface area contributed by atoms with Gasteiger partial charge in [-0.1, -0.05) is 22.0 Å². The number of nitrogens with one attached hydrogen (secondary N) is 1. The Balaban J connectivity index is 2.50. The van der Waals surface area contributed by atoms with E-state index >= 15 is 0 Å². The van der Waals surface area contributed by atoms with Crippen molar-refractivity contribution >= 4 is 39.3 Å². The van der Waals surface area contributed by atoms with Crippen molar-refractivity contribution in [3.05, 3.63) is 35.3 Å². The molecule has 1 rings (SSSR count). The lowest BCUT2D eigenvalue weighted by atomic mass is 10.3. The molecule has 0 aliphatic heterocycles. The number of benzene rings is 1. The van der Waals surface area contributed by atoms with E-state index in [-0.39, 0.29) is 5.91 Å². The predicted octanol–water partition coefficient (Wildman–Crippen LogP) is 2.43. The Kier molecular flexibility index (Phi) is 5.42. The van der Waals surface area contributed by atoms with E-state index in [4.69, 9.17) is 5.73 Å². The van der Waals surface area contributed by atoms with Gasteiger partial charge in [0.1, 0.15) is 0 Å². The summed E-state index contributed by atoms with van der Waals surface area (Å²) in [6, 6.07) is 5.59. The van der Waals surface area contributed by atoms with E-state index in [2.05, 4.69) is 27.8 Å². The molecule has 3 N–H and O–H groups in total. The molecule has 1 aromatic carbocycles. The number of amides is 1. The van der Waals surface area contributed by atoms with E-state index in [0.717, 1.165) is 9.37 Å². The van der Waals surface area contributed by atoms with Crippen LogP contribution >= 0.6 is 27.7 Å². The molecule has 0 aliphatic rings. The highest BCUT2D eigenvalue weighted by molar-refractivity contribution is 9.10. The van der Waals surface area contributed by atoms with Crippen molar-refractivity contribution in [1.29, 1.82) is 0 Å². The van der Waals surface area contributed by atoms with Crippen LogP contribution < -0.4 is 11.1 Å². The van der Waals surface area contributed by atoms with Gasteiger partial charge in [0, 0.05) is 21.6 Å². The molecule has 0 fully saturated rings. The molecule has 0 atom stereocenters. The lowest BCUT2D eigenvalue weighted by Crippen LogP contribution is -2.24. The van der Waals surface area contributed by atoms with Gasteiger partial charge in [0.15, 0.2) is 0 Å². The second kappa shape index (κ2) is 6.60. The number of nitrogen functional groups attached to an aromatic ring is 1. The second-order valence-corrected chi connectivity index (χ2v) is 5.00. The average molecular weight is 301 g/mol. The van der Waals surface area contributed by atoms with Gasteiger partial charge in [-0.15, -0.1) is 18.3 Å². The number of hydrogen-bond donors (Lipinski definition) is 2. The van der Waals surface area contributed by atoms with E-state index in [9.17, 15) is 4.79 Å². The van der Waals surface area contributed by atoms with Crippen LogP contribution in [0, 0.1) is 0 Å². The summed E-state index contributed by atoms with van der Waals surface area (Å²) in [5.74, 6) is 0.332. The van der Waals surface area contributed by atoms with Gasteiger partial charge in [-0.3, -0.25) is 4.79 Å². The zero-order valence-corrected chi connectivity index (χ0v) is 11.1. The molecule has 86 valence electrons. The number of carbonyl (C=O) groups is 1. The molecule has 0 heterocycles. The first kappa shape index (κ1) is 13.1. The predicted molar refractivity (Wildman–Crippen MR) is 72.5 cm³/mol. The van der Waals surface area contributed by atoms with Gasteiger partial charge in [-0.05, 0) is 18.2 Å². The third-order valence-corrected chi connectivity index (χ3v) is 3.34. The van der Waals surface area contributed by atoms with E-state index in [1.165, 1.54) is 11.8 Å².